The van der Waals surface area contributed by atoms with Crippen molar-refractivity contribution in [3.05, 3.63) is 60.2 Å². The summed E-state index contributed by atoms with van der Waals surface area (Å²) in [5.74, 6) is 0. The molecule has 1 aliphatic carbocycles. The second-order valence-electron chi connectivity index (χ2n) is 7.00. The summed E-state index contributed by atoms with van der Waals surface area (Å²) >= 11 is 0. The van der Waals surface area contributed by atoms with Gasteiger partial charge >= 0.3 is 6.09 Å². The zero-order valence-corrected chi connectivity index (χ0v) is 14.3. The molecule has 25 heavy (non-hydrogen) atoms. The normalized spacial score (nSPS) is 15.5. The molecular weight excluding hydrogens is 310 g/mol. The Labute approximate surface area is 147 Å². The Morgan fingerprint density at radius 1 is 0.920 bits per heavy atom. The molecule has 3 aromatic carbocycles. The van der Waals surface area contributed by atoms with E-state index >= 15 is 0 Å². The maximum Gasteiger partial charge on any atom is 0.407 e. The molecule has 4 rings (SSSR count). The number of carboxylic acid groups (broad SMARTS) is 1. The summed E-state index contributed by atoms with van der Waals surface area (Å²) in [6.45, 7) is 0.460. The van der Waals surface area contributed by atoms with E-state index < -0.39 is 6.09 Å². The molecule has 1 aliphatic rings. The number of fused-ring (bicyclic) bond motifs is 2. The molecule has 128 valence electrons. The highest BCUT2D eigenvalue weighted by atomic mass is 16.4. The van der Waals surface area contributed by atoms with Crippen LogP contribution in [-0.2, 0) is 6.54 Å². The zero-order chi connectivity index (χ0) is 17.2. The van der Waals surface area contributed by atoms with E-state index in [0.29, 0.717) is 6.54 Å². The lowest BCUT2D eigenvalue weighted by Crippen LogP contribution is -2.40. The van der Waals surface area contributed by atoms with Crippen LogP contribution in [0.3, 0.4) is 0 Å². The van der Waals surface area contributed by atoms with Crippen molar-refractivity contribution in [2.75, 3.05) is 0 Å². The molecule has 0 aromatic heterocycles. The summed E-state index contributed by atoms with van der Waals surface area (Å²) in [6.07, 6.45) is 4.64. The monoisotopic (exact) mass is 333 g/mol. The average molecular weight is 333 g/mol. The molecule has 1 saturated carbocycles. The topological polar surface area (TPSA) is 40.5 Å². The number of hydrogen-bond donors (Lipinski definition) is 1. The van der Waals surface area contributed by atoms with Gasteiger partial charge in [0, 0.05) is 6.04 Å². The van der Waals surface area contributed by atoms with Gasteiger partial charge in [-0.1, -0.05) is 67.8 Å². The Hall–Kier alpha value is -2.55. The zero-order valence-electron chi connectivity index (χ0n) is 14.3. The summed E-state index contributed by atoms with van der Waals surface area (Å²) in [5, 5.41) is 14.5. The number of nitrogens with zero attached hydrogens (tertiary/aromatic N) is 1. The third kappa shape index (κ3) is 3.07. The first-order chi connectivity index (χ1) is 12.2. The average Bonchev–Trinajstić information content (AvgIpc) is 2.65. The summed E-state index contributed by atoms with van der Waals surface area (Å²) < 4.78 is 0. The molecule has 0 bridgehead atoms. The fourth-order valence-electron chi connectivity index (χ4n) is 4.19. The predicted octanol–water partition coefficient (Wildman–Crippen LogP) is 5.81. The number of hydrogen-bond acceptors (Lipinski definition) is 1. The van der Waals surface area contributed by atoms with Crippen LogP contribution < -0.4 is 0 Å². The van der Waals surface area contributed by atoms with Crippen LogP contribution in [-0.4, -0.2) is 22.1 Å². The number of carbonyl (C=O) groups is 1. The van der Waals surface area contributed by atoms with Crippen LogP contribution in [0.1, 0.15) is 37.7 Å². The van der Waals surface area contributed by atoms with E-state index in [4.69, 9.17) is 0 Å². The van der Waals surface area contributed by atoms with E-state index in [0.717, 1.165) is 42.0 Å². The van der Waals surface area contributed by atoms with Gasteiger partial charge in [-0.15, -0.1) is 0 Å². The van der Waals surface area contributed by atoms with Gasteiger partial charge in [0.1, 0.15) is 0 Å². The smallest absolute Gasteiger partial charge is 0.407 e. The lowest BCUT2D eigenvalue weighted by Gasteiger charge is -2.33. The highest BCUT2D eigenvalue weighted by Gasteiger charge is 2.26. The summed E-state index contributed by atoms with van der Waals surface area (Å²) in [6, 6.07) is 18.9. The van der Waals surface area contributed by atoms with Crippen molar-refractivity contribution in [1.29, 1.82) is 0 Å². The first kappa shape index (κ1) is 15.9. The molecule has 3 heteroatoms. The fourth-order valence-corrected chi connectivity index (χ4v) is 4.19. The SMILES string of the molecule is O=C(O)N(Cc1c2ccccc2cc2ccccc12)C1CCCCC1. The van der Waals surface area contributed by atoms with Crippen LogP contribution in [0.5, 0.6) is 0 Å². The molecule has 3 aromatic rings. The molecule has 0 radical (unpaired) electrons. The largest absolute Gasteiger partial charge is 0.465 e. The Balaban J connectivity index is 1.83. The van der Waals surface area contributed by atoms with E-state index in [1.165, 1.54) is 17.2 Å². The van der Waals surface area contributed by atoms with Crippen molar-refractivity contribution in [1.82, 2.24) is 4.90 Å². The fraction of sp³-hybridized carbons (Fsp3) is 0.318. The highest BCUT2D eigenvalue weighted by Crippen LogP contribution is 2.31. The molecule has 0 unspecified atom stereocenters. The molecule has 0 heterocycles. The van der Waals surface area contributed by atoms with Gasteiger partial charge in [-0.05, 0) is 46.0 Å². The molecular formula is C22H23NO2. The maximum atomic E-state index is 12.0. The van der Waals surface area contributed by atoms with Gasteiger partial charge in [-0.3, -0.25) is 0 Å². The van der Waals surface area contributed by atoms with Crippen molar-refractivity contribution in [3.8, 4) is 0 Å². The predicted molar refractivity (Wildman–Crippen MR) is 102 cm³/mol. The number of benzene rings is 3. The van der Waals surface area contributed by atoms with Crippen LogP contribution in [0.25, 0.3) is 21.5 Å². The minimum Gasteiger partial charge on any atom is -0.465 e. The van der Waals surface area contributed by atoms with Crippen molar-refractivity contribution in [2.24, 2.45) is 0 Å². The summed E-state index contributed by atoms with van der Waals surface area (Å²) in [7, 11) is 0. The maximum absolute atomic E-state index is 12.0. The van der Waals surface area contributed by atoms with Gasteiger partial charge in [-0.25, -0.2) is 4.79 Å². The van der Waals surface area contributed by atoms with Crippen LogP contribution in [0.15, 0.2) is 54.6 Å². The molecule has 0 aliphatic heterocycles. The second-order valence-corrected chi connectivity index (χ2v) is 7.00. The van der Waals surface area contributed by atoms with Gasteiger partial charge in [0.2, 0.25) is 0 Å². The van der Waals surface area contributed by atoms with Crippen molar-refractivity contribution < 1.29 is 9.90 Å². The van der Waals surface area contributed by atoms with E-state index in [1.807, 2.05) is 24.3 Å². The molecule has 0 atom stereocenters. The quantitative estimate of drug-likeness (QED) is 0.615. The second kappa shape index (κ2) is 6.75. The van der Waals surface area contributed by atoms with Gasteiger partial charge in [0.05, 0.1) is 6.54 Å². The van der Waals surface area contributed by atoms with Crippen molar-refractivity contribution in [3.63, 3.8) is 0 Å². The molecule has 0 spiro atoms. The third-order valence-corrected chi connectivity index (χ3v) is 5.47. The van der Waals surface area contributed by atoms with E-state index in [2.05, 4.69) is 30.3 Å². The number of amides is 1. The van der Waals surface area contributed by atoms with E-state index in [-0.39, 0.29) is 6.04 Å². The van der Waals surface area contributed by atoms with Crippen molar-refractivity contribution in [2.45, 2.75) is 44.7 Å². The van der Waals surface area contributed by atoms with E-state index in [9.17, 15) is 9.90 Å². The van der Waals surface area contributed by atoms with Crippen molar-refractivity contribution >= 4 is 27.6 Å². The van der Waals surface area contributed by atoms with Gasteiger partial charge < -0.3 is 10.0 Å². The standard InChI is InChI=1S/C22H23NO2/c24-22(25)23(18-10-2-1-3-11-18)15-21-19-12-6-4-8-16(19)14-17-9-5-7-13-20(17)21/h4-9,12-14,18H,1-3,10-11,15H2,(H,24,25). The van der Waals surface area contributed by atoms with Gasteiger partial charge in [-0.2, -0.15) is 0 Å². The highest BCUT2D eigenvalue weighted by molar-refractivity contribution is 6.02. The minimum absolute atomic E-state index is 0.143. The lowest BCUT2D eigenvalue weighted by atomic mass is 9.92. The lowest BCUT2D eigenvalue weighted by molar-refractivity contribution is 0.107. The van der Waals surface area contributed by atoms with Crippen LogP contribution in [0, 0.1) is 0 Å². The van der Waals surface area contributed by atoms with Gasteiger partial charge in [0.25, 0.3) is 0 Å². The Kier molecular flexibility index (Phi) is 4.31. The first-order valence-electron chi connectivity index (χ1n) is 9.13. The molecule has 1 amide bonds. The number of rotatable bonds is 3. The Morgan fingerprint density at radius 3 is 2.04 bits per heavy atom. The van der Waals surface area contributed by atoms with Crippen LogP contribution in [0.2, 0.25) is 0 Å². The Morgan fingerprint density at radius 2 is 1.48 bits per heavy atom. The van der Waals surface area contributed by atoms with Crippen LogP contribution >= 0.6 is 0 Å². The summed E-state index contributed by atoms with van der Waals surface area (Å²) in [4.78, 5) is 13.7. The molecule has 3 nitrogen and oxygen atoms in total. The van der Waals surface area contributed by atoms with Crippen LogP contribution in [0.4, 0.5) is 4.79 Å². The third-order valence-electron chi connectivity index (χ3n) is 5.47. The Bertz CT molecular complexity index is 858. The molecule has 1 fully saturated rings. The minimum atomic E-state index is -0.802. The van der Waals surface area contributed by atoms with E-state index in [1.54, 1.807) is 4.90 Å². The first-order valence-corrected chi connectivity index (χ1v) is 9.13. The van der Waals surface area contributed by atoms with Gasteiger partial charge in [0.15, 0.2) is 0 Å². The molecule has 1 N–H and O–H groups in total. The molecule has 0 saturated heterocycles. The summed E-state index contributed by atoms with van der Waals surface area (Å²) in [5.41, 5.74) is 1.13.